The summed E-state index contributed by atoms with van der Waals surface area (Å²) >= 11 is 5.65. The number of benzene rings is 1. The highest BCUT2D eigenvalue weighted by Gasteiger charge is 2.09. The smallest absolute Gasteiger partial charge is 0.267 e. The van der Waals surface area contributed by atoms with Crippen molar-refractivity contribution in [3.63, 3.8) is 0 Å². The van der Waals surface area contributed by atoms with Gasteiger partial charge in [0.25, 0.3) is 5.76 Å². The maximum atomic E-state index is 12.2. The number of rotatable bonds is 3. The van der Waals surface area contributed by atoms with Crippen LogP contribution in [0.5, 0.6) is 0 Å². The van der Waals surface area contributed by atoms with Gasteiger partial charge in [-0.3, -0.25) is 5.10 Å². The summed E-state index contributed by atoms with van der Waals surface area (Å²) in [5.74, 6) is -2.40. The summed E-state index contributed by atoms with van der Waals surface area (Å²) in [7, 11) is 0. The summed E-state index contributed by atoms with van der Waals surface area (Å²) in [6, 6.07) is 6.92. The molecule has 6 heteroatoms. The van der Waals surface area contributed by atoms with Gasteiger partial charge in [0.1, 0.15) is 4.64 Å². The molecule has 0 saturated carbocycles. The van der Waals surface area contributed by atoms with Crippen molar-refractivity contribution in [2.75, 3.05) is 0 Å². The fraction of sp³-hybridized carbons (Fsp3) is 0.231. The Morgan fingerprint density at radius 3 is 2.37 bits per heavy atom. The molecular weight excluding hydrogens is 286 g/mol. The zero-order valence-electron chi connectivity index (χ0n) is 10.4. The van der Waals surface area contributed by atoms with Gasteiger partial charge in [0.2, 0.25) is 0 Å². The van der Waals surface area contributed by atoms with E-state index < -0.39 is 5.76 Å². The number of thioether (sulfide) groups is 1. The molecule has 100 valence electrons. The largest absolute Gasteiger partial charge is 0.288 e. The number of aromatic amines is 1. The SMILES string of the molecule is Cc1c(-c2ccc(SC(F)F)cc2)n[nH]c(=S)c1C. The summed E-state index contributed by atoms with van der Waals surface area (Å²) in [5.41, 5.74) is 3.65. The minimum absolute atomic E-state index is 0.534. The Hall–Kier alpha value is -1.27. The minimum atomic E-state index is -2.40. The van der Waals surface area contributed by atoms with E-state index in [9.17, 15) is 8.78 Å². The van der Waals surface area contributed by atoms with Crippen LogP contribution in [-0.4, -0.2) is 16.0 Å². The van der Waals surface area contributed by atoms with Crippen molar-refractivity contribution in [2.45, 2.75) is 24.5 Å². The van der Waals surface area contributed by atoms with Crippen molar-refractivity contribution in [1.29, 1.82) is 0 Å². The minimum Gasteiger partial charge on any atom is -0.267 e. The number of nitrogens with one attached hydrogen (secondary N) is 1. The molecule has 0 unspecified atom stereocenters. The molecule has 2 rings (SSSR count). The van der Waals surface area contributed by atoms with Crippen molar-refractivity contribution in [2.24, 2.45) is 0 Å². The first-order valence-corrected chi connectivity index (χ1v) is 6.89. The Morgan fingerprint density at radius 2 is 1.79 bits per heavy atom. The van der Waals surface area contributed by atoms with E-state index in [1.165, 1.54) is 0 Å². The van der Waals surface area contributed by atoms with Crippen molar-refractivity contribution in [1.82, 2.24) is 10.2 Å². The van der Waals surface area contributed by atoms with Crippen LogP contribution < -0.4 is 0 Å². The van der Waals surface area contributed by atoms with Gasteiger partial charge in [0.15, 0.2) is 0 Å². The van der Waals surface area contributed by atoms with Crippen LogP contribution in [0.2, 0.25) is 0 Å². The molecule has 2 aromatic rings. The summed E-state index contributed by atoms with van der Waals surface area (Å²) < 4.78 is 25.1. The maximum Gasteiger partial charge on any atom is 0.288 e. The lowest BCUT2D eigenvalue weighted by Crippen LogP contribution is -1.96. The van der Waals surface area contributed by atoms with Crippen LogP contribution in [0.1, 0.15) is 11.1 Å². The molecule has 1 heterocycles. The molecule has 0 radical (unpaired) electrons. The van der Waals surface area contributed by atoms with E-state index in [4.69, 9.17) is 12.2 Å². The van der Waals surface area contributed by atoms with E-state index in [1.54, 1.807) is 24.3 Å². The van der Waals surface area contributed by atoms with Crippen molar-refractivity contribution >= 4 is 24.0 Å². The third-order valence-corrected chi connectivity index (χ3v) is 4.00. The molecular formula is C13H12F2N2S2. The second-order valence-corrected chi connectivity index (χ2v) is 5.53. The molecule has 2 nitrogen and oxygen atoms in total. The molecule has 19 heavy (non-hydrogen) atoms. The Balaban J connectivity index is 2.38. The highest BCUT2D eigenvalue weighted by Crippen LogP contribution is 2.28. The van der Waals surface area contributed by atoms with Gasteiger partial charge in [0.05, 0.1) is 5.69 Å². The number of hydrogen-bond donors (Lipinski definition) is 1. The first-order valence-electron chi connectivity index (χ1n) is 5.60. The number of nitrogens with zero attached hydrogens (tertiary/aromatic N) is 1. The summed E-state index contributed by atoms with van der Waals surface area (Å²) in [5, 5.41) is 7.01. The van der Waals surface area contributed by atoms with Crippen LogP contribution in [0.3, 0.4) is 0 Å². The second kappa shape index (κ2) is 5.79. The van der Waals surface area contributed by atoms with E-state index in [0.29, 0.717) is 21.3 Å². The van der Waals surface area contributed by atoms with Gasteiger partial charge in [-0.2, -0.15) is 13.9 Å². The number of aromatic nitrogens is 2. The van der Waals surface area contributed by atoms with Crippen molar-refractivity contribution < 1.29 is 8.78 Å². The Bertz CT molecular complexity index is 636. The molecule has 0 fully saturated rings. The predicted octanol–water partition coefficient (Wildman–Crippen LogP) is 4.74. The first kappa shape index (κ1) is 14.1. The Labute approximate surface area is 119 Å². The van der Waals surface area contributed by atoms with Crippen LogP contribution >= 0.6 is 24.0 Å². The molecule has 1 aromatic heterocycles. The number of halogens is 2. The van der Waals surface area contributed by atoms with Gasteiger partial charge in [-0.1, -0.05) is 36.1 Å². The monoisotopic (exact) mass is 298 g/mol. The molecule has 0 aliphatic rings. The summed E-state index contributed by atoms with van der Waals surface area (Å²) in [6.45, 7) is 3.88. The summed E-state index contributed by atoms with van der Waals surface area (Å²) in [6.07, 6.45) is 0. The van der Waals surface area contributed by atoms with Crippen LogP contribution in [0.25, 0.3) is 11.3 Å². The van der Waals surface area contributed by atoms with Gasteiger partial charge in [-0.25, -0.2) is 0 Å². The number of alkyl halides is 2. The molecule has 1 N–H and O–H groups in total. The normalized spacial score (nSPS) is 11.0. The third kappa shape index (κ3) is 3.19. The molecule has 0 amide bonds. The number of H-pyrrole nitrogens is 1. The van der Waals surface area contributed by atoms with Crippen molar-refractivity contribution in [3.8, 4) is 11.3 Å². The molecule has 0 saturated heterocycles. The van der Waals surface area contributed by atoms with Gasteiger partial charge < -0.3 is 0 Å². The molecule has 0 atom stereocenters. The Kier molecular flexibility index (Phi) is 4.31. The zero-order valence-corrected chi connectivity index (χ0v) is 12.0. The molecule has 1 aromatic carbocycles. The van der Waals surface area contributed by atoms with E-state index in [0.717, 1.165) is 22.4 Å². The van der Waals surface area contributed by atoms with E-state index in [-0.39, 0.29) is 0 Å². The topological polar surface area (TPSA) is 28.7 Å². The van der Waals surface area contributed by atoms with Crippen molar-refractivity contribution in [3.05, 3.63) is 40.0 Å². The predicted molar refractivity (Wildman–Crippen MR) is 76.2 cm³/mol. The van der Waals surface area contributed by atoms with E-state index in [1.807, 2.05) is 13.8 Å². The quantitative estimate of drug-likeness (QED) is 0.655. The fourth-order valence-electron chi connectivity index (χ4n) is 1.70. The second-order valence-electron chi connectivity index (χ2n) is 4.05. The van der Waals surface area contributed by atoms with E-state index in [2.05, 4.69) is 10.2 Å². The Morgan fingerprint density at radius 1 is 1.16 bits per heavy atom. The third-order valence-electron chi connectivity index (χ3n) is 2.88. The lowest BCUT2D eigenvalue weighted by atomic mass is 10.0. The average molecular weight is 298 g/mol. The van der Waals surface area contributed by atoms with E-state index >= 15 is 0 Å². The maximum absolute atomic E-state index is 12.2. The zero-order chi connectivity index (χ0) is 14.0. The van der Waals surface area contributed by atoms with Gasteiger partial charge in [-0.05, 0) is 37.1 Å². The molecule has 0 bridgehead atoms. The van der Waals surface area contributed by atoms with Gasteiger partial charge in [0, 0.05) is 10.5 Å². The summed E-state index contributed by atoms with van der Waals surface area (Å²) in [4.78, 5) is 0.539. The van der Waals surface area contributed by atoms with Crippen LogP contribution in [0.15, 0.2) is 29.2 Å². The van der Waals surface area contributed by atoms with Crippen LogP contribution in [0, 0.1) is 18.5 Å². The highest BCUT2D eigenvalue weighted by molar-refractivity contribution is 7.99. The molecule has 0 aliphatic carbocycles. The molecule has 0 aliphatic heterocycles. The highest BCUT2D eigenvalue weighted by atomic mass is 32.2. The lowest BCUT2D eigenvalue weighted by Gasteiger charge is -2.08. The standard InChI is InChI=1S/C13H12F2N2S2/c1-7-8(2)12(18)17-16-11(7)9-3-5-10(6-4-9)19-13(14)15/h3-6,13H,1-2H3,(H,17,18). The molecule has 0 spiro atoms. The number of hydrogen-bond acceptors (Lipinski definition) is 3. The van der Waals surface area contributed by atoms with Crippen LogP contribution in [-0.2, 0) is 0 Å². The average Bonchev–Trinajstić information content (AvgIpc) is 2.37. The van der Waals surface area contributed by atoms with Crippen LogP contribution in [0.4, 0.5) is 8.78 Å². The lowest BCUT2D eigenvalue weighted by molar-refractivity contribution is 0.252. The van der Waals surface area contributed by atoms with Gasteiger partial charge >= 0.3 is 0 Å². The first-order chi connectivity index (χ1) is 8.99. The fourth-order valence-corrected chi connectivity index (χ4v) is 2.40. The van der Waals surface area contributed by atoms with Gasteiger partial charge in [-0.15, -0.1) is 0 Å².